The van der Waals surface area contributed by atoms with Crippen LogP contribution >= 0.6 is 11.6 Å². The number of methoxy groups -OCH3 is 1. The number of ether oxygens (including phenoxy) is 1. The molecule has 0 radical (unpaired) electrons. The molecule has 5 rings (SSSR count). The summed E-state index contributed by atoms with van der Waals surface area (Å²) < 4.78 is 9.14. The number of aryl methyl sites for hydroxylation is 1. The standard InChI is InChI=1S/C26H25ClN8O2/c1-14(2)35-22-20(31-23(35)18-11-30-26(29)32-24(18)37-4)13-34(17-9-19(27)25(36)33(3)12-17)21(22)16-7-5-15(10-28)6-8-16/h5-9,11-12,14,21H,13H2,1-4H3,(H2,29,30,32). The van der Waals surface area contributed by atoms with Crippen LogP contribution in [0.1, 0.15) is 48.4 Å². The monoisotopic (exact) mass is 516 g/mol. The van der Waals surface area contributed by atoms with E-state index >= 15 is 0 Å². The summed E-state index contributed by atoms with van der Waals surface area (Å²) in [7, 11) is 3.21. The zero-order chi connectivity index (χ0) is 26.4. The van der Waals surface area contributed by atoms with E-state index in [0.717, 1.165) is 22.6 Å². The van der Waals surface area contributed by atoms with Crippen LogP contribution in [0.5, 0.6) is 5.88 Å². The Kier molecular flexibility index (Phi) is 6.09. The zero-order valence-electron chi connectivity index (χ0n) is 20.8. The lowest BCUT2D eigenvalue weighted by molar-refractivity contribution is 0.398. The van der Waals surface area contributed by atoms with Gasteiger partial charge in [0.15, 0.2) is 0 Å². The summed E-state index contributed by atoms with van der Waals surface area (Å²) >= 11 is 6.29. The molecule has 1 aliphatic heterocycles. The number of imidazole rings is 1. The van der Waals surface area contributed by atoms with Crippen LogP contribution in [0.4, 0.5) is 11.6 Å². The fourth-order valence-electron chi connectivity index (χ4n) is 4.83. The third kappa shape index (κ3) is 4.07. The number of pyridine rings is 1. The topological polar surface area (TPSA) is 128 Å². The van der Waals surface area contributed by atoms with Crippen molar-refractivity contribution < 1.29 is 4.74 Å². The Balaban J connectivity index is 1.75. The van der Waals surface area contributed by atoms with Gasteiger partial charge in [0.25, 0.3) is 5.56 Å². The Morgan fingerprint density at radius 3 is 2.59 bits per heavy atom. The zero-order valence-corrected chi connectivity index (χ0v) is 21.6. The molecule has 0 bridgehead atoms. The average Bonchev–Trinajstić information content (AvgIpc) is 3.43. The number of benzene rings is 1. The van der Waals surface area contributed by atoms with E-state index in [0.29, 0.717) is 29.4 Å². The first-order chi connectivity index (χ1) is 17.7. The Morgan fingerprint density at radius 1 is 1.24 bits per heavy atom. The number of hydrogen-bond acceptors (Lipinski definition) is 8. The number of fused-ring (bicyclic) bond motifs is 1. The van der Waals surface area contributed by atoms with Crippen LogP contribution in [0.3, 0.4) is 0 Å². The van der Waals surface area contributed by atoms with Crippen LogP contribution < -0.4 is 20.9 Å². The lowest BCUT2D eigenvalue weighted by atomic mass is 10.0. The smallest absolute Gasteiger partial charge is 0.269 e. The Labute approximate surface area is 218 Å². The second-order valence-electron chi connectivity index (χ2n) is 9.11. The molecule has 1 unspecified atom stereocenters. The van der Waals surface area contributed by atoms with Crippen molar-refractivity contribution >= 4 is 23.2 Å². The van der Waals surface area contributed by atoms with E-state index in [4.69, 9.17) is 27.1 Å². The highest BCUT2D eigenvalue weighted by atomic mass is 35.5. The third-order valence-electron chi connectivity index (χ3n) is 6.45. The minimum Gasteiger partial charge on any atom is -0.480 e. The molecule has 0 amide bonds. The molecule has 0 saturated carbocycles. The largest absolute Gasteiger partial charge is 0.480 e. The molecule has 0 fully saturated rings. The molecule has 0 aliphatic carbocycles. The van der Waals surface area contributed by atoms with Crippen molar-refractivity contribution in [3.63, 3.8) is 0 Å². The number of nitrogens with two attached hydrogens (primary N) is 1. The Hall–Kier alpha value is -4.36. The van der Waals surface area contributed by atoms with E-state index in [2.05, 4.69) is 39.4 Å². The van der Waals surface area contributed by atoms with Gasteiger partial charge >= 0.3 is 0 Å². The van der Waals surface area contributed by atoms with E-state index < -0.39 is 0 Å². The molecule has 1 aromatic carbocycles. The number of hydrogen-bond donors (Lipinski definition) is 1. The summed E-state index contributed by atoms with van der Waals surface area (Å²) in [6.45, 7) is 4.63. The van der Waals surface area contributed by atoms with Gasteiger partial charge in [-0.1, -0.05) is 23.7 Å². The maximum atomic E-state index is 12.3. The van der Waals surface area contributed by atoms with Crippen molar-refractivity contribution in [2.24, 2.45) is 7.05 Å². The summed E-state index contributed by atoms with van der Waals surface area (Å²) in [5, 5.41) is 9.47. The molecule has 37 heavy (non-hydrogen) atoms. The molecule has 11 heteroatoms. The van der Waals surface area contributed by atoms with Crippen LogP contribution in [-0.2, 0) is 13.6 Å². The van der Waals surface area contributed by atoms with Crippen molar-refractivity contribution in [1.82, 2.24) is 24.1 Å². The fourth-order valence-corrected chi connectivity index (χ4v) is 5.07. The third-order valence-corrected chi connectivity index (χ3v) is 6.72. The van der Waals surface area contributed by atoms with Gasteiger partial charge in [0.05, 0.1) is 54.0 Å². The number of rotatable bonds is 5. The van der Waals surface area contributed by atoms with Crippen molar-refractivity contribution in [2.75, 3.05) is 17.7 Å². The van der Waals surface area contributed by atoms with E-state index in [1.807, 2.05) is 12.1 Å². The number of nitriles is 1. The Morgan fingerprint density at radius 2 is 1.97 bits per heavy atom. The molecule has 188 valence electrons. The highest BCUT2D eigenvalue weighted by Gasteiger charge is 2.39. The van der Waals surface area contributed by atoms with Crippen LogP contribution in [-0.4, -0.2) is 31.2 Å². The predicted molar refractivity (Wildman–Crippen MR) is 140 cm³/mol. The second kappa shape index (κ2) is 9.26. The van der Waals surface area contributed by atoms with E-state index in [9.17, 15) is 10.1 Å². The molecule has 0 spiro atoms. The van der Waals surface area contributed by atoms with Crippen LogP contribution in [0, 0.1) is 11.3 Å². The highest BCUT2D eigenvalue weighted by molar-refractivity contribution is 6.30. The second-order valence-corrected chi connectivity index (χ2v) is 9.52. The lowest BCUT2D eigenvalue weighted by Crippen LogP contribution is -2.27. The summed E-state index contributed by atoms with van der Waals surface area (Å²) in [5.74, 6) is 1.13. The summed E-state index contributed by atoms with van der Waals surface area (Å²) in [6, 6.07) is 11.1. The molecule has 1 atom stereocenters. The SMILES string of the molecule is COc1nc(N)ncc1-c1nc2c(n1C(C)C)C(c1ccc(C#N)cc1)N(c1cc(Cl)c(=O)n(C)c1)C2. The van der Waals surface area contributed by atoms with Gasteiger partial charge in [-0.15, -0.1) is 0 Å². The lowest BCUT2D eigenvalue weighted by Gasteiger charge is -2.30. The molecular weight excluding hydrogens is 492 g/mol. The highest BCUT2D eigenvalue weighted by Crippen LogP contribution is 2.45. The average molecular weight is 517 g/mol. The number of nitrogens with zero attached hydrogens (tertiary/aromatic N) is 7. The van der Waals surface area contributed by atoms with E-state index in [1.165, 1.54) is 11.7 Å². The van der Waals surface area contributed by atoms with E-state index in [-0.39, 0.29) is 28.6 Å². The van der Waals surface area contributed by atoms with Gasteiger partial charge in [-0.3, -0.25) is 4.79 Å². The molecule has 4 aromatic rings. The molecular formula is C26H25ClN8O2. The molecule has 0 saturated heterocycles. The van der Waals surface area contributed by atoms with Gasteiger partial charge in [0, 0.05) is 25.5 Å². The molecule has 1 aliphatic rings. The maximum Gasteiger partial charge on any atom is 0.269 e. The Bertz CT molecular complexity index is 1570. The first-order valence-electron chi connectivity index (χ1n) is 11.6. The van der Waals surface area contributed by atoms with Crippen LogP contribution in [0.15, 0.2) is 47.5 Å². The van der Waals surface area contributed by atoms with Crippen molar-refractivity contribution in [3.8, 4) is 23.3 Å². The van der Waals surface area contributed by atoms with E-state index in [1.54, 1.807) is 37.6 Å². The van der Waals surface area contributed by atoms with Gasteiger partial charge in [-0.25, -0.2) is 9.97 Å². The summed E-state index contributed by atoms with van der Waals surface area (Å²) in [5.41, 5.74) is 10.3. The van der Waals surface area contributed by atoms with Crippen molar-refractivity contribution in [3.05, 3.63) is 80.6 Å². The molecule has 4 heterocycles. The number of halogens is 1. The number of anilines is 2. The van der Waals surface area contributed by atoms with Crippen LogP contribution in [0.25, 0.3) is 11.4 Å². The number of nitrogen functional groups attached to an aromatic ring is 1. The quantitative estimate of drug-likeness (QED) is 0.423. The van der Waals surface area contributed by atoms with Gasteiger partial charge in [0.1, 0.15) is 10.8 Å². The molecule has 10 nitrogen and oxygen atoms in total. The first-order valence-corrected chi connectivity index (χ1v) is 12.0. The van der Waals surface area contributed by atoms with Crippen molar-refractivity contribution in [2.45, 2.75) is 32.5 Å². The fraction of sp³-hybridized carbons (Fsp3) is 0.269. The maximum absolute atomic E-state index is 12.3. The van der Waals surface area contributed by atoms with Gasteiger partial charge < -0.3 is 24.5 Å². The first kappa shape index (κ1) is 24.3. The minimum atomic E-state index is -0.264. The minimum absolute atomic E-state index is 0.0260. The van der Waals surface area contributed by atoms with Gasteiger partial charge in [-0.2, -0.15) is 10.2 Å². The predicted octanol–water partition coefficient (Wildman–Crippen LogP) is 3.85. The normalized spacial score (nSPS) is 14.6. The summed E-state index contributed by atoms with van der Waals surface area (Å²) in [4.78, 5) is 27.9. The van der Waals surface area contributed by atoms with Crippen LogP contribution in [0.2, 0.25) is 5.02 Å². The van der Waals surface area contributed by atoms with Crippen molar-refractivity contribution in [1.29, 1.82) is 5.26 Å². The van der Waals surface area contributed by atoms with Gasteiger partial charge in [-0.05, 0) is 37.6 Å². The van der Waals surface area contributed by atoms with Gasteiger partial charge in [0.2, 0.25) is 11.8 Å². The summed E-state index contributed by atoms with van der Waals surface area (Å²) in [6.07, 6.45) is 3.40. The molecule has 2 N–H and O–H groups in total. The number of aromatic nitrogens is 5. The molecule has 3 aromatic heterocycles.